The molecule has 6 rings (SSSR count). The Bertz CT molecular complexity index is 1080. The number of anilines is 1. The van der Waals surface area contributed by atoms with E-state index in [1.807, 2.05) is 33.8 Å². The lowest BCUT2D eigenvalue weighted by Gasteiger charge is -2.30. The van der Waals surface area contributed by atoms with Crippen LogP contribution in [0.1, 0.15) is 19.0 Å². The third-order valence-electron chi connectivity index (χ3n) is 5.68. The maximum atomic E-state index is 6.32. The third kappa shape index (κ3) is 2.16. The zero-order chi connectivity index (χ0) is 18.1. The van der Waals surface area contributed by atoms with Crippen LogP contribution in [0.3, 0.4) is 0 Å². The molecular formula is C18H17ClN8. The van der Waals surface area contributed by atoms with Gasteiger partial charge in [0.25, 0.3) is 5.95 Å². The zero-order valence-electron chi connectivity index (χ0n) is 14.7. The number of fused-ring (bicyclic) bond motifs is 6. The van der Waals surface area contributed by atoms with Gasteiger partial charge in [0.05, 0.1) is 23.8 Å². The van der Waals surface area contributed by atoms with Crippen LogP contribution >= 0.6 is 11.8 Å². The summed E-state index contributed by atoms with van der Waals surface area (Å²) in [5.41, 5.74) is 3.16. The smallest absolute Gasteiger partial charge is 0.259 e. The van der Waals surface area contributed by atoms with Crippen molar-refractivity contribution >= 4 is 23.3 Å². The molecule has 136 valence electrons. The molecular weight excluding hydrogens is 364 g/mol. The number of hydrogen-bond donors (Lipinski definition) is 0. The highest BCUT2D eigenvalue weighted by atomic mass is 35.5. The van der Waals surface area contributed by atoms with Crippen molar-refractivity contribution in [1.29, 1.82) is 0 Å². The lowest BCUT2D eigenvalue weighted by atomic mass is 10.1. The molecule has 3 aromatic rings. The van der Waals surface area contributed by atoms with E-state index < -0.39 is 0 Å². The van der Waals surface area contributed by atoms with Crippen molar-refractivity contribution in [3.05, 3.63) is 42.4 Å². The van der Waals surface area contributed by atoms with Gasteiger partial charge in [0.15, 0.2) is 5.82 Å². The molecule has 2 unspecified atom stereocenters. The molecule has 1 saturated carbocycles. The van der Waals surface area contributed by atoms with Crippen LogP contribution in [0.2, 0.25) is 0 Å². The predicted octanol–water partition coefficient (Wildman–Crippen LogP) is 2.73. The molecule has 2 atom stereocenters. The van der Waals surface area contributed by atoms with Gasteiger partial charge in [-0.3, -0.25) is 4.42 Å². The van der Waals surface area contributed by atoms with Crippen LogP contribution in [0.25, 0.3) is 23.2 Å². The second kappa shape index (κ2) is 5.32. The molecule has 1 fully saturated rings. The van der Waals surface area contributed by atoms with E-state index in [1.165, 1.54) is 6.42 Å². The van der Waals surface area contributed by atoms with Crippen molar-refractivity contribution in [2.24, 2.45) is 11.8 Å². The summed E-state index contributed by atoms with van der Waals surface area (Å²) in [7, 11) is 0. The summed E-state index contributed by atoms with van der Waals surface area (Å²) in [6, 6.07) is 8.16. The van der Waals surface area contributed by atoms with E-state index in [0.717, 1.165) is 40.9 Å². The van der Waals surface area contributed by atoms with Crippen molar-refractivity contribution < 1.29 is 0 Å². The Balaban J connectivity index is 1.53. The fourth-order valence-corrected chi connectivity index (χ4v) is 4.23. The van der Waals surface area contributed by atoms with Crippen LogP contribution in [-0.4, -0.2) is 40.8 Å². The molecule has 9 heteroatoms. The predicted molar refractivity (Wildman–Crippen MR) is 101 cm³/mol. The Kier molecular flexibility index (Phi) is 3.00. The Morgan fingerprint density at radius 2 is 2.07 bits per heavy atom. The molecule has 0 amide bonds. The van der Waals surface area contributed by atoms with Gasteiger partial charge >= 0.3 is 0 Å². The minimum Gasteiger partial charge on any atom is -0.306 e. The molecule has 8 nitrogen and oxygen atoms in total. The lowest BCUT2D eigenvalue weighted by molar-refractivity contribution is 0.646. The van der Waals surface area contributed by atoms with Gasteiger partial charge in [-0.2, -0.15) is 4.68 Å². The van der Waals surface area contributed by atoms with E-state index in [2.05, 4.69) is 44.5 Å². The van der Waals surface area contributed by atoms with Crippen LogP contribution in [0.5, 0.6) is 0 Å². The SMILES string of the molecule is CC1CC1Cc1cnnn1-c1nnc2n1C1=CN(Cl)CN1c1ccccc1-2. The zero-order valence-corrected chi connectivity index (χ0v) is 15.5. The van der Waals surface area contributed by atoms with Crippen LogP contribution in [0.4, 0.5) is 5.69 Å². The van der Waals surface area contributed by atoms with Gasteiger partial charge in [-0.15, -0.1) is 15.3 Å². The van der Waals surface area contributed by atoms with Crippen LogP contribution in [0, 0.1) is 11.8 Å². The van der Waals surface area contributed by atoms with Crippen molar-refractivity contribution in [3.8, 4) is 17.3 Å². The fourth-order valence-electron chi connectivity index (χ4n) is 4.03. The summed E-state index contributed by atoms with van der Waals surface area (Å²) in [6.07, 6.45) is 5.94. The largest absolute Gasteiger partial charge is 0.306 e. The normalized spacial score (nSPS) is 22.4. The quantitative estimate of drug-likeness (QED) is 0.651. The van der Waals surface area contributed by atoms with E-state index >= 15 is 0 Å². The van der Waals surface area contributed by atoms with Gasteiger partial charge in [0.2, 0.25) is 0 Å². The first-order valence-electron chi connectivity index (χ1n) is 9.07. The number of benzene rings is 1. The van der Waals surface area contributed by atoms with Crippen LogP contribution in [0.15, 0.2) is 36.7 Å². The second-order valence-electron chi connectivity index (χ2n) is 7.45. The number of para-hydroxylation sites is 1. The van der Waals surface area contributed by atoms with E-state index in [-0.39, 0.29) is 0 Å². The van der Waals surface area contributed by atoms with Gasteiger partial charge in [0, 0.05) is 17.3 Å². The van der Waals surface area contributed by atoms with E-state index in [0.29, 0.717) is 18.5 Å². The summed E-state index contributed by atoms with van der Waals surface area (Å²) < 4.78 is 5.46. The molecule has 1 aromatic carbocycles. The molecule has 0 bridgehead atoms. The summed E-state index contributed by atoms with van der Waals surface area (Å²) in [4.78, 5) is 2.15. The van der Waals surface area contributed by atoms with Gasteiger partial charge in [-0.05, 0) is 36.8 Å². The van der Waals surface area contributed by atoms with E-state index in [1.54, 1.807) is 4.42 Å². The molecule has 0 saturated heterocycles. The Labute approximate surface area is 160 Å². The Morgan fingerprint density at radius 1 is 1.22 bits per heavy atom. The van der Waals surface area contributed by atoms with Crippen molar-refractivity contribution in [3.63, 3.8) is 0 Å². The molecule has 0 N–H and O–H groups in total. The lowest BCUT2D eigenvalue weighted by Crippen LogP contribution is -2.29. The Hall–Kier alpha value is -2.87. The standard InChI is InChI=1S/C18H17ClN8/c1-11-6-12(11)7-13-8-20-23-27(13)18-22-21-17-14-4-2-3-5-15(14)25-10-24(19)9-16(25)26(17)18/h2-5,8-9,11-12H,6-7,10H2,1H3. The maximum absolute atomic E-state index is 6.32. The topological polar surface area (TPSA) is 67.9 Å². The minimum atomic E-state index is 0.564. The highest BCUT2D eigenvalue weighted by Crippen LogP contribution is 2.43. The Morgan fingerprint density at radius 3 is 2.93 bits per heavy atom. The number of nitrogens with zero attached hydrogens (tertiary/aromatic N) is 8. The second-order valence-corrected chi connectivity index (χ2v) is 7.88. The average Bonchev–Trinajstić information content (AvgIpc) is 3.06. The third-order valence-corrected chi connectivity index (χ3v) is 5.88. The highest BCUT2D eigenvalue weighted by Gasteiger charge is 2.37. The van der Waals surface area contributed by atoms with E-state index in [4.69, 9.17) is 11.8 Å². The first-order valence-corrected chi connectivity index (χ1v) is 9.41. The molecule has 4 heterocycles. The number of rotatable bonds is 3. The summed E-state index contributed by atoms with van der Waals surface area (Å²) >= 11 is 6.32. The highest BCUT2D eigenvalue weighted by molar-refractivity contribution is 6.15. The summed E-state index contributed by atoms with van der Waals surface area (Å²) in [6.45, 7) is 2.85. The monoisotopic (exact) mass is 380 g/mol. The van der Waals surface area contributed by atoms with Gasteiger partial charge in [-0.1, -0.05) is 24.3 Å². The van der Waals surface area contributed by atoms with Gasteiger partial charge in [0.1, 0.15) is 12.5 Å². The first-order chi connectivity index (χ1) is 13.2. The van der Waals surface area contributed by atoms with Crippen molar-refractivity contribution in [2.45, 2.75) is 19.8 Å². The van der Waals surface area contributed by atoms with Crippen LogP contribution < -0.4 is 4.90 Å². The molecule has 1 aliphatic carbocycles. The van der Waals surface area contributed by atoms with Gasteiger partial charge in [-0.25, -0.2) is 4.57 Å². The molecule has 2 aliphatic heterocycles. The molecule has 0 spiro atoms. The number of aromatic nitrogens is 6. The molecule has 2 aromatic heterocycles. The summed E-state index contributed by atoms with van der Waals surface area (Å²) in [5, 5.41) is 17.4. The molecule has 0 radical (unpaired) electrons. The molecule has 27 heavy (non-hydrogen) atoms. The average molecular weight is 381 g/mol. The van der Waals surface area contributed by atoms with Crippen molar-refractivity contribution in [2.75, 3.05) is 11.6 Å². The van der Waals surface area contributed by atoms with Crippen LogP contribution in [-0.2, 0) is 6.42 Å². The fraction of sp³-hybridized carbons (Fsp3) is 0.333. The number of halogens is 1. The minimum absolute atomic E-state index is 0.564. The number of hydrogen-bond acceptors (Lipinski definition) is 6. The maximum Gasteiger partial charge on any atom is 0.259 e. The first kappa shape index (κ1) is 15.2. The summed E-state index contributed by atoms with van der Waals surface area (Å²) in [5.74, 6) is 3.82. The molecule has 3 aliphatic rings. The van der Waals surface area contributed by atoms with Crippen molar-refractivity contribution in [1.82, 2.24) is 34.2 Å². The van der Waals surface area contributed by atoms with E-state index in [9.17, 15) is 0 Å². The van der Waals surface area contributed by atoms with Gasteiger partial charge < -0.3 is 4.90 Å².